The maximum atomic E-state index is 11.5. The molecule has 1 aromatic carbocycles. The fourth-order valence-corrected chi connectivity index (χ4v) is 3.01. The van der Waals surface area contributed by atoms with Crippen LogP contribution in [0.15, 0.2) is 30.3 Å². The van der Waals surface area contributed by atoms with Crippen molar-refractivity contribution in [3.8, 4) is 0 Å². The van der Waals surface area contributed by atoms with Crippen molar-refractivity contribution >= 4 is 39.8 Å². The number of anilines is 1. The molecule has 1 fully saturated rings. The van der Waals surface area contributed by atoms with Gasteiger partial charge in [-0.2, -0.15) is 0 Å². The first-order chi connectivity index (χ1) is 8.25. The van der Waals surface area contributed by atoms with Crippen molar-refractivity contribution in [3.63, 3.8) is 0 Å². The van der Waals surface area contributed by atoms with Gasteiger partial charge in [-0.15, -0.1) is 0 Å². The Hall–Kier alpha value is -1.07. The monoisotopic (exact) mass is 266 g/mol. The predicted molar refractivity (Wildman–Crippen MR) is 76.0 cm³/mol. The van der Waals surface area contributed by atoms with E-state index in [-0.39, 0.29) is 5.25 Å². The van der Waals surface area contributed by atoms with E-state index < -0.39 is 0 Å². The van der Waals surface area contributed by atoms with Crippen LogP contribution in [0.2, 0.25) is 0 Å². The Balaban J connectivity index is 1.76. The summed E-state index contributed by atoms with van der Waals surface area (Å²) in [6.07, 6.45) is 2.63. The number of nitrogens with one attached hydrogen (secondary N) is 2. The summed E-state index contributed by atoms with van der Waals surface area (Å²) >= 11 is 6.62. The van der Waals surface area contributed by atoms with Crippen LogP contribution in [0.25, 0.3) is 0 Å². The summed E-state index contributed by atoms with van der Waals surface area (Å²) in [5.41, 5.74) is 6.90. The van der Waals surface area contributed by atoms with Crippen LogP contribution in [-0.2, 0) is 4.79 Å². The molecular formula is C12H14N2OS2. The molecule has 1 aliphatic carbocycles. The van der Waals surface area contributed by atoms with Gasteiger partial charge in [-0.3, -0.25) is 15.6 Å². The average molecular weight is 266 g/mol. The molecule has 0 radical (unpaired) electrons. The molecule has 90 valence electrons. The Morgan fingerprint density at radius 2 is 2.12 bits per heavy atom. The standard InChI is InChI=1S/C12H14N2OS2/c15-10-7-4-8-11(10)17-12(16)14-13-9-5-2-1-3-6-9/h1-3,5-6,11,13H,4,7-8H2,(H,14,16)/t11-/m0/s1. The number of hydrazine groups is 1. The van der Waals surface area contributed by atoms with Crippen LogP contribution in [-0.4, -0.2) is 15.4 Å². The summed E-state index contributed by atoms with van der Waals surface area (Å²) in [6.45, 7) is 0. The van der Waals surface area contributed by atoms with Crippen LogP contribution in [0.5, 0.6) is 0 Å². The number of thiocarbonyl (C=S) groups is 1. The van der Waals surface area contributed by atoms with Crippen LogP contribution in [0.1, 0.15) is 19.3 Å². The molecular weight excluding hydrogens is 252 g/mol. The highest BCUT2D eigenvalue weighted by Crippen LogP contribution is 2.26. The minimum atomic E-state index is 0.0487. The van der Waals surface area contributed by atoms with Gasteiger partial charge in [-0.05, 0) is 25.0 Å². The molecule has 17 heavy (non-hydrogen) atoms. The van der Waals surface area contributed by atoms with Crippen molar-refractivity contribution in [1.29, 1.82) is 0 Å². The van der Waals surface area contributed by atoms with Gasteiger partial charge in [0.15, 0.2) is 4.32 Å². The number of para-hydroxylation sites is 1. The molecule has 2 N–H and O–H groups in total. The first-order valence-electron chi connectivity index (χ1n) is 5.56. The van der Waals surface area contributed by atoms with Crippen LogP contribution in [0.4, 0.5) is 5.69 Å². The van der Waals surface area contributed by atoms with Gasteiger partial charge in [-0.1, -0.05) is 42.2 Å². The quantitative estimate of drug-likeness (QED) is 0.650. The van der Waals surface area contributed by atoms with E-state index in [1.54, 1.807) is 0 Å². The number of carbonyl (C=O) groups excluding carboxylic acids is 1. The molecule has 0 bridgehead atoms. The summed E-state index contributed by atoms with van der Waals surface area (Å²) < 4.78 is 0.620. The fourth-order valence-electron chi connectivity index (χ4n) is 1.71. The van der Waals surface area contributed by atoms with Crippen molar-refractivity contribution in [2.75, 3.05) is 5.43 Å². The smallest absolute Gasteiger partial charge is 0.152 e. The molecule has 0 spiro atoms. The van der Waals surface area contributed by atoms with E-state index in [9.17, 15) is 4.79 Å². The lowest BCUT2D eigenvalue weighted by molar-refractivity contribution is -0.116. The highest BCUT2D eigenvalue weighted by Gasteiger charge is 2.25. The summed E-state index contributed by atoms with van der Waals surface area (Å²) in [4.78, 5) is 11.5. The van der Waals surface area contributed by atoms with E-state index in [1.165, 1.54) is 11.8 Å². The molecule has 0 amide bonds. The van der Waals surface area contributed by atoms with Crippen molar-refractivity contribution < 1.29 is 4.79 Å². The Labute approximate surface area is 110 Å². The zero-order chi connectivity index (χ0) is 12.1. The first-order valence-corrected chi connectivity index (χ1v) is 6.85. The maximum Gasteiger partial charge on any atom is 0.152 e. The summed E-state index contributed by atoms with van der Waals surface area (Å²) in [7, 11) is 0. The van der Waals surface area contributed by atoms with E-state index in [0.29, 0.717) is 16.5 Å². The Morgan fingerprint density at radius 1 is 1.35 bits per heavy atom. The van der Waals surface area contributed by atoms with Crippen molar-refractivity contribution in [3.05, 3.63) is 30.3 Å². The van der Waals surface area contributed by atoms with Gasteiger partial charge in [0.1, 0.15) is 5.78 Å². The second-order valence-electron chi connectivity index (χ2n) is 3.87. The maximum absolute atomic E-state index is 11.5. The normalized spacial score (nSPS) is 19.1. The van der Waals surface area contributed by atoms with Crippen LogP contribution < -0.4 is 10.9 Å². The van der Waals surface area contributed by atoms with Gasteiger partial charge in [0.05, 0.1) is 10.9 Å². The zero-order valence-electron chi connectivity index (χ0n) is 9.31. The number of rotatable bonds is 3. The lowest BCUT2D eigenvalue weighted by Crippen LogP contribution is -2.27. The van der Waals surface area contributed by atoms with Gasteiger partial charge in [0, 0.05) is 6.42 Å². The zero-order valence-corrected chi connectivity index (χ0v) is 10.9. The van der Waals surface area contributed by atoms with Gasteiger partial charge >= 0.3 is 0 Å². The van der Waals surface area contributed by atoms with Crippen molar-refractivity contribution in [2.45, 2.75) is 24.5 Å². The summed E-state index contributed by atoms with van der Waals surface area (Å²) in [6, 6.07) is 9.73. The highest BCUT2D eigenvalue weighted by atomic mass is 32.2. The first kappa shape index (κ1) is 12.4. The van der Waals surface area contributed by atoms with Gasteiger partial charge in [-0.25, -0.2) is 0 Å². The van der Waals surface area contributed by atoms with E-state index in [1.807, 2.05) is 30.3 Å². The molecule has 5 heteroatoms. The fraction of sp³-hybridized carbons (Fsp3) is 0.333. The van der Waals surface area contributed by atoms with Crippen molar-refractivity contribution in [2.24, 2.45) is 0 Å². The topological polar surface area (TPSA) is 41.1 Å². The van der Waals surface area contributed by atoms with Crippen LogP contribution in [0, 0.1) is 0 Å². The molecule has 0 aliphatic heterocycles. The molecule has 1 atom stereocenters. The van der Waals surface area contributed by atoms with Gasteiger partial charge in [0.25, 0.3) is 0 Å². The molecule has 1 aromatic rings. The van der Waals surface area contributed by atoms with E-state index in [4.69, 9.17) is 12.2 Å². The number of thioether (sulfide) groups is 1. The summed E-state index contributed by atoms with van der Waals surface area (Å²) in [5.74, 6) is 0.318. The number of Topliss-reactive ketones (excluding diaryl/α,β-unsaturated/α-hetero) is 1. The third kappa shape index (κ3) is 3.71. The largest absolute Gasteiger partial charge is 0.300 e. The molecule has 2 rings (SSSR count). The van der Waals surface area contributed by atoms with Gasteiger partial charge < -0.3 is 0 Å². The number of hydrogen-bond acceptors (Lipinski definition) is 4. The van der Waals surface area contributed by atoms with E-state index in [2.05, 4.69) is 10.9 Å². The van der Waals surface area contributed by atoms with Crippen molar-refractivity contribution in [1.82, 2.24) is 5.43 Å². The SMILES string of the molecule is O=C1CCC[C@@H]1SC(=S)NNc1ccccc1. The Kier molecular flexibility index (Phi) is 4.39. The minimum Gasteiger partial charge on any atom is -0.300 e. The highest BCUT2D eigenvalue weighted by molar-refractivity contribution is 8.23. The summed E-state index contributed by atoms with van der Waals surface area (Å²) in [5, 5.41) is 0.0487. The molecule has 0 unspecified atom stereocenters. The number of carbonyl (C=O) groups is 1. The van der Waals surface area contributed by atoms with Crippen LogP contribution >= 0.6 is 24.0 Å². The van der Waals surface area contributed by atoms with E-state index in [0.717, 1.165) is 18.5 Å². The number of benzene rings is 1. The Bertz CT molecular complexity index is 408. The van der Waals surface area contributed by atoms with E-state index >= 15 is 0 Å². The molecule has 0 aromatic heterocycles. The van der Waals surface area contributed by atoms with Gasteiger partial charge in [0.2, 0.25) is 0 Å². The second kappa shape index (κ2) is 6.02. The predicted octanol–water partition coefficient (Wildman–Crippen LogP) is 2.74. The molecule has 3 nitrogen and oxygen atoms in total. The molecule has 1 saturated carbocycles. The molecule has 0 saturated heterocycles. The Morgan fingerprint density at radius 3 is 2.76 bits per heavy atom. The lowest BCUT2D eigenvalue weighted by Gasteiger charge is -2.12. The number of ketones is 1. The third-order valence-electron chi connectivity index (χ3n) is 2.58. The third-order valence-corrected chi connectivity index (χ3v) is 4.07. The average Bonchev–Trinajstić information content (AvgIpc) is 2.74. The number of hydrogen-bond donors (Lipinski definition) is 2. The lowest BCUT2D eigenvalue weighted by atomic mass is 10.3. The second-order valence-corrected chi connectivity index (χ2v) is 5.75. The van der Waals surface area contributed by atoms with Crippen LogP contribution in [0.3, 0.4) is 0 Å². The minimum absolute atomic E-state index is 0.0487. The molecule has 1 aliphatic rings. The molecule has 0 heterocycles.